The van der Waals surface area contributed by atoms with Crippen LogP contribution in [0.25, 0.3) is 0 Å². The molecule has 3 rings (SSSR count). The van der Waals surface area contributed by atoms with Crippen LogP contribution in [0.1, 0.15) is 21.7 Å². The molecule has 0 bridgehead atoms. The third-order valence-electron chi connectivity index (χ3n) is 4.11. The van der Waals surface area contributed by atoms with E-state index >= 15 is 0 Å². The average molecular weight is 392 g/mol. The summed E-state index contributed by atoms with van der Waals surface area (Å²) in [5, 5.41) is 5.94. The summed E-state index contributed by atoms with van der Waals surface area (Å²) < 4.78 is 10.8. The molecule has 0 aliphatic heterocycles. The van der Waals surface area contributed by atoms with E-state index in [4.69, 9.17) is 9.47 Å². The molecule has 0 radical (unpaired) electrons. The highest BCUT2D eigenvalue weighted by molar-refractivity contribution is 6.03. The molecule has 29 heavy (non-hydrogen) atoms. The molecule has 0 fully saturated rings. The summed E-state index contributed by atoms with van der Waals surface area (Å²) in [4.78, 5) is 21.1. The maximum absolute atomic E-state index is 12.5. The Morgan fingerprint density at radius 2 is 1.66 bits per heavy atom. The molecule has 150 valence electrons. The fourth-order valence-electron chi connectivity index (χ4n) is 2.60. The number of amides is 1. The van der Waals surface area contributed by atoms with Gasteiger partial charge >= 0.3 is 0 Å². The van der Waals surface area contributed by atoms with E-state index < -0.39 is 0 Å². The van der Waals surface area contributed by atoms with Gasteiger partial charge in [-0.1, -0.05) is 17.7 Å². The summed E-state index contributed by atoms with van der Waals surface area (Å²) in [5.41, 5.74) is 2.85. The Hall–Kier alpha value is -3.61. The van der Waals surface area contributed by atoms with Gasteiger partial charge in [-0.3, -0.25) is 4.79 Å². The van der Waals surface area contributed by atoms with Crippen molar-refractivity contribution in [3.63, 3.8) is 0 Å². The predicted octanol–water partition coefficient (Wildman–Crippen LogP) is 3.85. The SMILES string of the molecule is COc1ccc(OCCNc2nc(C)cc(C(=O)Nc3ccc(C)cc3)n2)cc1. The van der Waals surface area contributed by atoms with Crippen molar-refractivity contribution < 1.29 is 14.3 Å². The monoisotopic (exact) mass is 392 g/mol. The molecule has 0 saturated carbocycles. The number of anilines is 2. The molecule has 0 aliphatic rings. The minimum Gasteiger partial charge on any atom is -0.497 e. The van der Waals surface area contributed by atoms with Gasteiger partial charge in [0.2, 0.25) is 5.95 Å². The fraction of sp³-hybridized carbons (Fsp3) is 0.227. The van der Waals surface area contributed by atoms with Crippen molar-refractivity contribution in [2.75, 3.05) is 30.9 Å². The standard InChI is InChI=1S/C22H24N4O3/c1-15-4-6-17(7-5-15)25-21(27)20-14-16(2)24-22(26-20)23-12-13-29-19-10-8-18(28-3)9-11-19/h4-11,14H,12-13H2,1-3H3,(H,25,27)(H,23,24,26). The van der Waals surface area contributed by atoms with Crippen LogP contribution in [-0.4, -0.2) is 36.1 Å². The molecule has 7 heteroatoms. The number of nitrogens with zero attached hydrogens (tertiary/aromatic N) is 2. The first-order chi connectivity index (χ1) is 14.0. The third kappa shape index (κ3) is 5.93. The maximum atomic E-state index is 12.5. The van der Waals surface area contributed by atoms with Crippen LogP contribution in [0.2, 0.25) is 0 Å². The van der Waals surface area contributed by atoms with Crippen molar-refractivity contribution in [1.29, 1.82) is 0 Å². The lowest BCUT2D eigenvalue weighted by Gasteiger charge is -2.10. The Morgan fingerprint density at radius 1 is 0.966 bits per heavy atom. The molecule has 2 aromatic carbocycles. The van der Waals surface area contributed by atoms with Crippen LogP contribution in [0.5, 0.6) is 11.5 Å². The maximum Gasteiger partial charge on any atom is 0.274 e. The second-order valence-electron chi connectivity index (χ2n) is 6.49. The van der Waals surface area contributed by atoms with Crippen LogP contribution >= 0.6 is 0 Å². The Kier molecular flexibility index (Phi) is 6.63. The highest BCUT2D eigenvalue weighted by atomic mass is 16.5. The molecule has 7 nitrogen and oxygen atoms in total. The Labute approximate surface area is 170 Å². The average Bonchev–Trinajstić information content (AvgIpc) is 2.73. The van der Waals surface area contributed by atoms with Crippen LogP contribution < -0.4 is 20.1 Å². The molecular weight excluding hydrogens is 368 g/mol. The number of hydrogen-bond acceptors (Lipinski definition) is 6. The summed E-state index contributed by atoms with van der Waals surface area (Å²) in [7, 11) is 1.62. The fourth-order valence-corrected chi connectivity index (χ4v) is 2.60. The second-order valence-corrected chi connectivity index (χ2v) is 6.49. The minimum absolute atomic E-state index is 0.281. The van der Waals surface area contributed by atoms with Crippen LogP contribution in [0.3, 0.4) is 0 Å². The van der Waals surface area contributed by atoms with E-state index in [2.05, 4.69) is 20.6 Å². The number of carbonyl (C=O) groups is 1. The van der Waals surface area contributed by atoms with Gasteiger partial charge in [-0.25, -0.2) is 9.97 Å². The van der Waals surface area contributed by atoms with Gasteiger partial charge in [0.15, 0.2) is 0 Å². The van der Waals surface area contributed by atoms with E-state index in [1.165, 1.54) is 0 Å². The number of ether oxygens (including phenoxy) is 2. The third-order valence-corrected chi connectivity index (χ3v) is 4.11. The van der Waals surface area contributed by atoms with Gasteiger partial charge in [-0.2, -0.15) is 0 Å². The van der Waals surface area contributed by atoms with Gasteiger partial charge in [0.25, 0.3) is 5.91 Å². The van der Waals surface area contributed by atoms with Crippen molar-refractivity contribution >= 4 is 17.5 Å². The first-order valence-electron chi connectivity index (χ1n) is 9.28. The van der Waals surface area contributed by atoms with Crippen molar-refractivity contribution in [3.8, 4) is 11.5 Å². The minimum atomic E-state index is -0.281. The van der Waals surface area contributed by atoms with E-state index in [1.807, 2.05) is 62.4 Å². The predicted molar refractivity (Wildman–Crippen MR) is 113 cm³/mol. The Bertz CT molecular complexity index is 957. The number of aryl methyl sites for hydroxylation is 2. The Morgan fingerprint density at radius 3 is 2.34 bits per heavy atom. The number of nitrogens with one attached hydrogen (secondary N) is 2. The number of carbonyl (C=O) groups excluding carboxylic acids is 1. The molecule has 1 aromatic heterocycles. The normalized spacial score (nSPS) is 10.3. The number of benzene rings is 2. The van der Waals surface area contributed by atoms with Crippen molar-refractivity contribution in [3.05, 3.63) is 71.5 Å². The number of hydrogen-bond donors (Lipinski definition) is 2. The van der Waals surface area contributed by atoms with Gasteiger partial charge in [0, 0.05) is 11.4 Å². The molecule has 0 aliphatic carbocycles. The Balaban J connectivity index is 1.55. The van der Waals surface area contributed by atoms with E-state index in [-0.39, 0.29) is 5.91 Å². The summed E-state index contributed by atoms with van der Waals surface area (Å²) in [5.74, 6) is 1.63. The second kappa shape index (κ2) is 9.54. The first kappa shape index (κ1) is 20.1. The molecule has 2 N–H and O–H groups in total. The van der Waals surface area contributed by atoms with Gasteiger partial charge in [0.1, 0.15) is 23.8 Å². The molecule has 0 saturated heterocycles. The molecule has 3 aromatic rings. The largest absolute Gasteiger partial charge is 0.497 e. The summed E-state index contributed by atoms with van der Waals surface area (Å²) in [6, 6.07) is 16.6. The number of aromatic nitrogens is 2. The van der Waals surface area contributed by atoms with Crippen LogP contribution in [0.4, 0.5) is 11.6 Å². The molecular formula is C22H24N4O3. The van der Waals surface area contributed by atoms with Crippen molar-refractivity contribution in [2.24, 2.45) is 0 Å². The molecule has 0 unspecified atom stereocenters. The van der Waals surface area contributed by atoms with Gasteiger partial charge in [0.05, 0.1) is 13.7 Å². The summed E-state index contributed by atoms with van der Waals surface area (Å²) >= 11 is 0. The number of methoxy groups -OCH3 is 1. The highest BCUT2D eigenvalue weighted by Gasteiger charge is 2.11. The lowest BCUT2D eigenvalue weighted by molar-refractivity contribution is 0.102. The zero-order valence-electron chi connectivity index (χ0n) is 16.7. The van der Waals surface area contributed by atoms with E-state index in [0.717, 1.165) is 22.7 Å². The van der Waals surface area contributed by atoms with Crippen LogP contribution in [0, 0.1) is 13.8 Å². The van der Waals surface area contributed by atoms with Crippen molar-refractivity contribution in [2.45, 2.75) is 13.8 Å². The first-order valence-corrected chi connectivity index (χ1v) is 9.28. The smallest absolute Gasteiger partial charge is 0.274 e. The molecule has 1 amide bonds. The van der Waals surface area contributed by atoms with Gasteiger partial charge in [-0.05, 0) is 56.3 Å². The summed E-state index contributed by atoms with van der Waals surface area (Å²) in [6.45, 7) is 4.74. The van der Waals surface area contributed by atoms with E-state index in [1.54, 1.807) is 13.2 Å². The lowest BCUT2D eigenvalue weighted by Crippen LogP contribution is -2.18. The lowest BCUT2D eigenvalue weighted by atomic mass is 10.2. The highest BCUT2D eigenvalue weighted by Crippen LogP contribution is 2.17. The van der Waals surface area contributed by atoms with E-state index in [0.29, 0.717) is 30.5 Å². The molecule has 0 atom stereocenters. The zero-order valence-corrected chi connectivity index (χ0v) is 16.7. The quantitative estimate of drug-likeness (QED) is 0.567. The zero-order chi connectivity index (χ0) is 20.6. The topological polar surface area (TPSA) is 85.4 Å². The van der Waals surface area contributed by atoms with Crippen LogP contribution in [0.15, 0.2) is 54.6 Å². The van der Waals surface area contributed by atoms with E-state index in [9.17, 15) is 4.79 Å². The van der Waals surface area contributed by atoms with Crippen molar-refractivity contribution in [1.82, 2.24) is 9.97 Å². The van der Waals surface area contributed by atoms with Crippen LogP contribution in [-0.2, 0) is 0 Å². The van der Waals surface area contributed by atoms with Gasteiger partial charge in [-0.15, -0.1) is 0 Å². The van der Waals surface area contributed by atoms with Gasteiger partial charge < -0.3 is 20.1 Å². The molecule has 1 heterocycles. The number of rotatable bonds is 8. The summed E-state index contributed by atoms with van der Waals surface area (Å²) in [6.07, 6.45) is 0. The molecule has 0 spiro atoms.